The zero-order valence-electron chi connectivity index (χ0n) is 12.1. The van der Waals surface area contributed by atoms with Crippen molar-refractivity contribution >= 4 is 21.6 Å². The van der Waals surface area contributed by atoms with Crippen LogP contribution in [0.1, 0.15) is 31.0 Å². The van der Waals surface area contributed by atoms with E-state index in [2.05, 4.69) is 59.4 Å². The Hall–Kier alpha value is -1.48. The van der Waals surface area contributed by atoms with E-state index in [9.17, 15) is 0 Å². The zero-order chi connectivity index (χ0) is 14.5. The Morgan fingerprint density at radius 3 is 2.65 bits per heavy atom. The standard InChI is InChI=1S/C17H20BrNO/c1-4-13-11-14(18)9-10-16(13)19-12(2)15-7-5-6-8-17(15)20-3/h5-12,19H,4H2,1-3H3. The van der Waals surface area contributed by atoms with Gasteiger partial charge in [-0.15, -0.1) is 0 Å². The molecule has 0 saturated heterocycles. The van der Waals surface area contributed by atoms with E-state index in [0.717, 1.165) is 16.6 Å². The van der Waals surface area contributed by atoms with E-state index in [1.54, 1.807) is 7.11 Å². The molecule has 1 N–H and O–H groups in total. The van der Waals surface area contributed by atoms with Crippen molar-refractivity contribution in [3.05, 3.63) is 58.1 Å². The summed E-state index contributed by atoms with van der Waals surface area (Å²) in [6.45, 7) is 4.32. The van der Waals surface area contributed by atoms with Crippen LogP contribution in [0.25, 0.3) is 0 Å². The fourth-order valence-corrected chi connectivity index (χ4v) is 2.74. The van der Waals surface area contributed by atoms with Gasteiger partial charge in [-0.1, -0.05) is 41.1 Å². The molecule has 0 aliphatic carbocycles. The first-order chi connectivity index (χ1) is 9.65. The minimum absolute atomic E-state index is 0.192. The molecule has 1 atom stereocenters. The number of hydrogen-bond acceptors (Lipinski definition) is 2. The van der Waals surface area contributed by atoms with Crippen LogP contribution >= 0.6 is 15.9 Å². The predicted molar refractivity (Wildman–Crippen MR) is 88.6 cm³/mol. The maximum absolute atomic E-state index is 5.43. The number of benzene rings is 2. The summed E-state index contributed by atoms with van der Waals surface area (Å²) in [5.41, 5.74) is 3.65. The molecule has 0 fully saturated rings. The molecule has 0 amide bonds. The van der Waals surface area contributed by atoms with Crippen LogP contribution in [0, 0.1) is 0 Å². The van der Waals surface area contributed by atoms with Crippen LogP contribution in [-0.4, -0.2) is 7.11 Å². The fourth-order valence-electron chi connectivity index (χ4n) is 2.33. The van der Waals surface area contributed by atoms with E-state index in [-0.39, 0.29) is 6.04 Å². The molecule has 106 valence electrons. The lowest BCUT2D eigenvalue weighted by Crippen LogP contribution is -2.09. The quantitative estimate of drug-likeness (QED) is 0.812. The molecular weight excluding hydrogens is 314 g/mol. The highest BCUT2D eigenvalue weighted by atomic mass is 79.9. The smallest absolute Gasteiger partial charge is 0.124 e. The van der Waals surface area contributed by atoms with Crippen molar-refractivity contribution in [1.29, 1.82) is 0 Å². The average molecular weight is 334 g/mol. The Morgan fingerprint density at radius 1 is 1.20 bits per heavy atom. The number of halogens is 1. The minimum atomic E-state index is 0.192. The Bertz CT molecular complexity index is 583. The highest BCUT2D eigenvalue weighted by Crippen LogP contribution is 2.29. The molecule has 0 aromatic heterocycles. The van der Waals surface area contributed by atoms with Gasteiger partial charge in [0.1, 0.15) is 5.75 Å². The zero-order valence-corrected chi connectivity index (χ0v) is 13.7. The molecule has 0 radical (unpaired) electrons. The molecular formula is C17H20BrNO. The van der Waals surface area contributed by atoms with Crippen LogP contribution in [0.5, 0.6) is 5.75 Å². The highest BCUT2D eigenvalue weighted by molar-refractivity contribution is 9.10. The highest BCUT2D eigenvalue weighted by Gasteiger charge is 2.12. The largest absolute Gasteiger partial charge is 0.496 e. The summed E-state index contributed by atoms with van der Waals surface area (Å²) in [5, 5.41) is 3.58. The summed E-state index contributed by atoms with van der Waals surface area (Å²) in [6, 6.07) is 14.7. The Balaban J connectivity index is 2.25. The first-order valence-corrected chi connectivity index (χ1v) is 7.63. The van der Waals surface area contributed by atoms with E-state index < -0.39 is 0 Å². The average Bonchev–Trinajstić information content (AvgIpc) is 2.48. The topological polar surface area (TPSA) is 21.3 Å². The lowest BCUT2D eigenvalue weighted by molar-refractivity contribution is 0.408. The van der Waals surface area contributed by atoms with Crippen molar-refractivity contribution in [2.75, 3.05) is 12.4 Å². The number of para-hydroxylation sites is 1. The van der Waals surface area contributed by atoms with Gasteiger partial charge in [-0.25, -0.2) is 0 Å². The molecule has 0 heterocycles. The molecule has 2 nitrogen and oxygen atoms in total. The molecule has 0 saturated carbocycles. The number of aryl methyl sites for hydroxylation is 1. The van der Waals surface area contributed by atoms with Crippen molar-refractivity contribution in [1.82, 2.24) is 0 Å². The van der Waals surface area contributed by atoms with E-state index >= 15 is 0 Å². The van der Waals surface area contributed by atoms with Crippen molar-refractivity contribution in [3.8, 4) is 5.75 Å². The Kier molecular flexibility index (Phi) is 5.07. The number of anilines is 1. The van der Waals surface area contributed by atoms with Crippen LogP contribution in [0.2, 0.25) is 0 Å². The van der Waals surface area contributed by atoms with Gasteiger partial charge in [0.15, 0.2) is 0 Å². The van der Waals surface area contributed by atoms with Gasteiger partial charge in [0.05, 0.1) is 13.2 Å². The van der Waals surface area contributed by atoms with Crippen molar-refractivity contribution < 1.29 is 4.74 Å². The second-order valence-electron chi connectivity index (χ2n) is 4.76. The lowest BCUT2D eigenvalue weighted by atomic mass is 10.1. The number of methoxy groups -OCH3 is 1. The molecule has 2 aromatic carbocycles. The van der Waals surface area contributed by atoms with E-state index in [4.69, 9.17) is 4.74 Å². The van der Waals surface area contributed by atoms with Crippen molar-refractivity contribution in [2.45, 2.75) is 26.3 Å². The predicted octanol–water partition coefficient (Wildman–Crippen LogP) is 5.19. The van der Waals surface area contributed by atoms with Gasteiger partial charge in [0.25, 0.3) is 0 Å². The molecule has 0 bridgehead atoms. The SMILES string of the molecule is CCc1cc(Br)ccc1NC(C)c1ccccc1OC. The van der Waals surface area contributed by atoms with Gasteiger partial charge in [-0.3, -0.25) is 0 Å². The molecule has 3 heteroatoms. The summed E-state index contributed by atoms with van der Waals surface area (Å²) < 4.78 is 6.55. The fraction of sp³-hybridized carbons (Fsp3) is 0.294. The number of ether oxygens (including phenoxy) is 1. The summed E-state index contributed by atoms with van der Waals surface area (Å²) in [5.74, 6) is 0.919. The first kappa shape index (κ1) is 14.9. The Labute approximate surface area is 129 Å². The molecule has 20 heavy (non-hydrogen) atoms. The van der Waals surface area contributed by atoms with Gasteiger partial charge in [-0.05, 0) is 43.2 Å². The monoisotopic (exact) mass is 333 g/mol. The number of hydrogen-bond donors (Lipinski definition) is 1. The third-order valence-corrected chi connectivity index (χ3v) is 3.92. The molecule has 0 aliphatic heterocycles. The van der Waals surface area contributed by atoms with Crippen LogP contribution in [-0.2, 0) is 6.42 Å². The number of rotatable bonds is 5. The van der Waals surface area contributed by atoms with Crippen LogP contribution in [0.15, 0.2) is 46.9 Å². The van der Waals surface area contributed by atoms with Gasteiger partial charge >= 0.3 is 0 Å². The molecule has 1 unspecified atom stereocenters. The number of nitrogens with one attached hydrogen (secondary N) is 1. The Morgan fingerprint density at radius 2 is 1.95 bits per heavy atom. The van der Waals surface area contributed by atoms with E-state index in [1.807, 2.05) is 18.2 Å². The van der Waals surface area contributed by atoms with Gasteiger partial charge in [0, 0.05) is 15.7 Å². The third kappa shape index (κ3) is 3.34. The third-order valence-electron chi connectivity index (χ3n) is 3.43. The maximum atomic E-state index is 5.43. The van der Waals surface area contributed by atoms with E-state index in [1.165, 1.54) is 16.8 Å². The van der Waals surface area contributed by atoms with Crippen LogP contribution in [0.4, 0.5) is 5.69 Å². The minimum Gasteiger partial charge on any atom is -0.496 e. The molecule has 2 aromatic rings. The van der Waals surface area contributed by atoms with Gasteiger partial charge in [-0.2, -0.15) is 0 Å². The normalized spacial score (nSPS) is 12.0. The summed E-state index contributed by atoms with van der Waals surface area (Å²) in [4.78, 5) is 0. The second-order valence-corrected chi connectivity index (χ2v) is 5.68. The maximum Gasteiger partial charge on any atom is 0.124 e. The van der Waals surface area contributed by atoms with Crippen molar-refractivity contribution in [2.24, 2.45) is 0 Å². The molecule has 0 aliphatic rings. The van der Waals surface area contributed by atoms with Gasteiger partial charge < -0.3 is 10.1 Å². The van der Waals surface area contributed by atoms with Crippen LogP contribution in [0.3, 0.4) is 0 Å². The second kappa shape index (κ2) is 6.80. The molecule has 2 rings (SSSR count). The van der Waals surface area contributed by atoms with Gasteiger partial charge in [0.2, 0.25) is 0 Å². The summed E-state index contributed by atoms with van der Waals surface area (Å²) in [6.07, 6.45) is 1.00. The molecule has 0 spiro atoms. The van der Waals surface area contributed by atoms with Crippen LogP contribution < -0.4 is 10.1 Å². The summed E-state index contributed by atoms with van der Waals surface area (Å²) >= 11 is 3.52. The first-order valence-electron chi connectivity index (χ1n) is 6.83. The lowest BCUT2D eigenvalue weighted by Gasteiger charge is -2.20. The summed E-state index contributed by atoms with van der Waals surface area (Å²) in [7, 11) is 1.71. The van der Waals surface area contributed by atoms with E-state index in [0.29, 0.717) is 0 Å². The van der Waals surface area contributed by atoms with Crippen molar-refractivity contribution in [3.63, 3.8) is 0 Å².